The third kappa shape index (κ3) is 7.18. The number of hydrogen-bond acceptors (Lipinski definition) is 2. The Balaban J connectivity index is 7.83. The average molecular weight is 1050 g/mol. The van der Waals surface area contributed by atoms with Gasteiger partial charge in [-0.25, -0.2) is 4.79 Å². The van der Waals surface area contributed by atoms with Crippen LogP contribution in [-0.2, 0) is 9.53 Å². The molecule has 0 aromatic heterocycles. The molecule has 0 aromatic carbocycles. The molecular formula is C25H11F37O2. The van der Waals surface area contributed by atoms with Gasteiger partial charge in [-0.15, -0.1) is 0 Å². The maximum atomic E-state index is 14.1. The summed E-state index contributed by atoms with van der Waals surface area (Å²) < 4.78 is 512. The summed E-state index contributed by atoms with van der Waals surface area (Å²) in [7, 11) is 0. The second kappa shape index (κ2) is 15.6. The first-order chi connectivity index (χ1) is 27.1. The lowest BCUT2D eigenvalue weighted by atomic mass is 9.82. The number of hydrogen-bond donors (Lipinski definition) is 0. The number of carbonyl (C=O) groups excluding carboxylic acids is 1. The lowest BCUT2D eigenvalue weighted by Crippen LogP contribution is -2.80. The minimum atomic E-state index is -10.5. The van der Waals surface area contributed by atoms with Crippen molar-refractivity contribution in [3.8, 4) is 0 Å². The van der Waals surface area contributed by atoms with Crippen LogP contribution in [0.5, 0.6) is 0 Å². The highest BCUT2D eigenvalue weighted by Gasteiger charge is 3.02. The topological polar surface area (TPSA) is 26.3 Å². The summed E-state index contributed by atoms with van der Waals surface area (Å²) in [5.74, 6) is -170. The molecule has 0 unspecified atom stereocenters. The zero-order valence-electron chi connectivity index (χ0n) is 28.6. The normalized spacial score (nSPS) is 16.6. The van der Waals surface area contributed by atoms with Crippen molar-refractivity contribution in [1.82, 2.24) is 0 Å². The summed E-state index contributed by atoms with van der Waals surface area (Å²) in [4.78, 5) is 11.4. The lowest BCUT2D eigenvalue weighted by molar-refractivity contribution is -0.493. The Morgan fingerprint density at radius 2 is 0.500 bits per heavy atom. The summed E-state index contributed by atoms with van der Waals surface area (Å²) in [5.41, 5.74) is -3.60. The minimum Gasteiger partial charge on any atom is -0.462 e. The summed E-state index contributed by atoms with van der Waals surface area (Å²) in [5, 5.41) is 0. The average Bonchev–Trinajstić information content (AvgIpc) is 3.09. The molecule has 382 valence electrons. The van der Waals surface area contributed by atoms with Crippen LogP contribution in [0.2, 0.25) is 0 Å². The Labute approximate surface area is 324 Å². The van der Waals surface area contributed by atoms with Gasteiger partial charge in [-0.3, -0.25) is 0 Å². The highest BCUT2D eigenvalue weighted by molar-refractivity contribution is 5.90. The van der Waals surface area contributed by atoms with E-state index in [-0.39, 0.29) is 6.42 Å². The number of esters is 1. The van der Waals surface area contributed by atoms with E-state index in [1.807, 2.05) is 0 Å². The van der Waals surface area contributed by atoms with Gasteiger partial charge in [0.1, 0.15) is 5.57 Å². The number of carbonyl (C=O) groups is 1. The zero-order valence-corrected chi connectivity index (χ0v) is 28.6. The highest BCUT2D eigenvalue weighted by Crippen LogP contribution is 2.70. The first-order valence-electron chi connectivity index (χ1n) is 14.5. The zero-order chi connectivity index (χ0) is 53.0. The fourth-order valence-corrected chi connectivity index (χ4v) is 3.85. The molecule has 0 heterocycles. The molecule has 0 radical (unpaired) electrons. The van der Waals surface area contributed by atoms with E-state index in [4.69, 9.17) is 0 Å². The van der Waals surface area contributed by atoms with Crippen LogP contribution in [-0.4, -0.2) is 119 Å². The predicted octanol–water partition coefficient (Wildman–Crippen LogP) is 13.2. The Morgan fingerprint density at radius 3 is 0.672 bits per heavy atom. The smallest absolute Gasteiger partial charge is 0.460 e. The quantitative estimate of drug-likeness (QED) is 0.0496. The van der Waals surface area contributed by atoms with E-state index in [0.717, 1.165) is 6.92 Å². The van der Waals surface area contributed by atoms with Gasteiger partial charge in [-0.1, -0.05) is 19.9 Å². The molecule has 0 aliphatic rings. The molecule has 0 rings (SSSR count). The molecule has 0 spiro atoms. The van der Waals surface area contributed by atoms with Crippen molar-refractivity contribution in [3.05, 3.63) is 12.2 Å². The van der Waals surface area contributed by atoms with E-state index in [0.29, 0.717) is 0 Å². The minimum absolute atomic E-state index is 0.148. The molecule has 0 saturated heterocycles. The van der Waals surface area contributed by atoms with Crippen molar-refractivity contribution in [1.29, 1.82) is 0 Å². The first kappa shape index (κ1) is 60.6. The van der Waals surface area contributed by atoms with Crippen molar-refractivity contribution in [3.63, 3.8) is 0 Å². The van der Waals surface area contributed by atoms with Gasteiger partial charge < -0.3 is 4.74 Å². The molecule has 2 nitrogen and oxygen atoms in total. The molecule has 0 amide bonds. The van der Waals surface area contributed by atoms with E-state index in [9.17, 15) is 167 Å². The van der Waals surface area contributed by atoms with Crippen LogP contribution < -0.4 is 0 Å². The van der Waals surface area contributed by atoms with E-state index in [1.54, 1.807) is 6.58 Å². The van der Waals surface area contributed by atoms with Gasteiger partial charge in [0, 0.05) is 0 Å². The highest BCUT2D eigenvalue weighted by atomic mass is 19.4. The fourth-order valence-electron chi connectivity index (χ4n) is 3.85. The number of unbranched alkanes of at least 4 members (excludes halogenated alkanes) is 1. The maximum absolute atomic E-state index is 14.1. The summed E-state index contributed by atoms with van der Waals surface area (Å²) in [6.45, 7) is 1.49. The van der Waals surface area contributed by atoms with Gasteiger partial charge in [-0.05, 0) is 6.42 Å². The molecule has 0 aliphatic heterocycles. The van der Waals surface area contributed by atoms with Gasteiger partial charge in [-0.2, -0.15) is 162 Å². The molecule has 0 bridgehead atoms. The van der Waals surface area contributed by atoms with Crippen molar-refractivity contribution in [2.45, 2.75) is 127 Å². The number of ether oxygens (including phenoxy) is 1. The SMILES string of the molecule is C=C(C(=O)OCCCC)C(F)(F)C(F)(F)C(F)(F)C(F)(F)C(F)(F)C(F)(F)C(F)(F)C(F)(F)C(F)(F)C(F)(F)C(F)(F)C(F)(F)C(F)(F)C(F)(F)C(F)(F)C(F)(F)C(F)(F)C(F)(F)F. The van der Waals surface area contributed by atoms with Crippen molar-refractivity contribution >= 4 is 5.97 Å². The van der Waals surface area contributed by atoms with Gasteiger partial charge in [0.2, 0.25) is 0 Å². The second-order valence-electron chi connectivity index (χ2n) is 12.2. The summed E-state index contributed by atoms with van der Waals surface area (Å²) in [6.07, 6.45) is -9.13. The van der Waals surface area contributed by atoms with Crippen LogP contribution in [0.25, 0.3) is 0 Å². The molecule has 0 saturated carbocycles. The van der Waals surface area contributed by atoms with Crippen LogP contribution in [0.1, 0.15) is 19.8 Å². The third-order valence-electron chi connectivity index (χ3n) is 8.02. The summed E-state index contributed by atoms with van der Waals surface area (Å²) in [6, 6.07) is 0. The molecule has 64 heavy (non-hydrogen) atoms. The third-order valence-corrected chi connectivity index (χ3v) is 8.02. The first-order valence-corrected chi connectivity index (χ1v) is 14.5. The van der Waals surface area contributed by atoms with Crippen molar-refractivity contribution < 1.29 is 172 Å². The van der Waals surface area contributed by atoms with Crippen LogP contribution in [0, 0.1) is 0 Å². The van der Waals surface area contributed by atoms with Crippen LogP contribution in [0.4, 0.5) is 162 Å². The molecule has 39 heteroatoms. The predicted molar refractivity (Wildman–Crippen MR) is 125 cm³/mol. The van der Waals surface area contributed by atoms with E-state index < -0.39 is 131 Å². The standard InChI is InChI=1S/C25H11F37O2/c1-3-4-5-64-7(63)6(2)8(26,27)9(28,29)10(30,31)11(32,33)12(34,35)13(36,37)14(38,39)15(40,41)16(42,43)17(44,45)18(46,47)19(48,49)20(50,51)21(52,53)22(54,55)23(56,57)24(58,59)25(60,61)62/h2-5H2,1H3. The molecule has 0 atom stereocenters. The van der Waals surface area contributed by atoms with Gasteiger partial charge in [0.15, 0.2) is 0 Å². The number of alkyl halides is 37. The Bertz CT molecular complexity index is 1710. The van der Waals surface area contributed by atoms with Gasteiger partial charge in [0.25, 0.3) is 0 Å². The van der Waals surface area contributed by atoms with Gasteiger partial charge in [0.05, 0.1) is 6.61 Å². The van der Waals surface area contributed by atoms with Crippen LogP contribution >= 0.6 is 0 Å². The second-order valence-corrected chi connectivity index (χ2v) is 12.2. The molecule has 0 fully saturated rings. The Morgan fingerprint density at radius 1 is 0.328 bits per heavy atom. The number of rotatable bonds is 21. The Kier molecular flexibility index (Phi) is 14.8. The van der Waals surface area contributed by atoms with Gasteiger partial charge >= 0.3 is 113 Å². The monoisotopic (exact) mass is 1050 g/mol. The molecular weight excluding hydrogens is 1040 g/mol. The van der Waals surface area contributed by atoms with Crippen LogP contribution in [0.3, 0.4) is 0 Å². The van der Waals surface area contributed by atoms with E-state index in [2.05, 4.69) is 4.74 Å². The van der Waals surface area contributed by atoms with Crippen molar-refractivity contribution in [2.75, 3.05) is 6.61 Å². The summed E-state index contributed by atoms with van der Waals surface area (Å²) >= 11 is 0. The maximum Gasteiger partial charge on any atom is 0.460 e. The fraction of sp³-hybridized carbons (Fsp3) is 0.880. The largest absolute Gasteiger partial charge is 0.462 e. The Hall–Kier alpha value is -3.38. The molecule has 0 aliphatic carbocycles. The number of halogens is 37. The van der Waals surface area contributed by atoms with E-state index in [1.165, 1.54) is 0 Å². The molecule has 0 aromatic rings. The van der Waals surface area contributed by atoms with Crippen LogP contribution in [0.15, 0.2) is 12.2 Å². The molecule has 0 N–H and O–H groups in total. The van der Waals surface area contributed by atoms with Crippen molar-refractivity contribution in [2.24, 2.45) is 0 Å². The van der Waals surface area contributed by atoms with E-state index >= 15 is 0 Å². The lowest BCUT2D eigenvalue weighted by Gasteiger charge is -2.47.